The minimum atomic E-state index is -0.559. The van der Waals surface area contributed by atoms with Gasteiger partial charge < -0.3 is 14.6 Å². The predicted octanol–water partition coefficient (Wildman–Crippen LogP) is 2.37. The van der Waals surface area contributed by atoms with Gasteiger partial charge >= 0.3 is 5.97 Å². The first-order valence-corrected chi connectivity index (χ1v) is 7.03. The number of hydrogen-bond acceptors (Lipinski definition) is 5. The molecule has 0 aliphatic rings. The smallest absolute Gasteiger partial charge is 0.356 e. The molecule has 0 amide bonds. The number of carbonyl (C=O) groups is 1. The molecular formula is C17H19NO4. The Morgan fingerprint density at radius 3 is 2.64 bits per heavy atom. The molecule has 0 spiro atoms. The average molecular weight is 301 g/mol. The third kappa shape index (κ3) is 4.30. The normalized spacial score (nSPS) is 11.8. The number of ether oxygens (including phenoxy) is 2. The van der Waals surface area contributed by atoms with E-state index in [2.05, 4.69) is 9.72 Å². The number of hydrogen-bond donors (Lipinski definition) is 1. The van der Waals surface area contributed by atoms with Gasteiger partial charge in [0.15, 0.2) is 5.69 Å². The Balaban J connectivity index is 2.12. The zero-order valence-corrected chi connectivity index (χ0v) is 12.7. The Hall–Kier alpha value is -2.40. The molecule has 1 heterocycles. The predicted molar refractivity (Wildman–Crippen MR) is 81.7 cm³/mol. The topological polar surface area (TPSA) is 68.7 Å². The monoisotopic (exact) mass is 301 g/mol. The highest BCUT2D eigenvalue weighted by molar-refractivity contribution is 5.87. The van der Waals surface area contributed by atoms with Gasteiger partial charge in [-0.15, -0.1) is 0 Å². The summed E-state index contributed by atoms with van der Waals surface area (Å²) in [6.45, 7) is 1.68. The van der Waals surface area contributed by atoms with E-state index in [1.54, 1.807) is 6.07 Å². The van der Waals surface area contributed by atoms with E-state index in [1.165, 1.54) is 18.7 Å². The van der Waals surface area contributed by atoms with Gasteiger partial charge in [-0.2, -0.15) is 0 Å². The van der Waals surface area contributed by atoms with Crippen LogP contribution in [0, 0.1) is 0 Å². The first kappa shape index (κ1) is 16.0. The number of carbonyl (C=O) groups excluding carboxylic acids is 1. The summed E-state index contributed by atoms with van der Waals surface area (Å²) in [5, 5.41) is 9.24. The van der Waals surface area contributed by atoms with Crippen molar-refractivity contribution in [1.29, 1.82) is 0 Å². The molecule has 1 aromatic carbocycles. The van der Waals surface area contributed by atoms with Crippen LogP contribution in [0.5, 0.6) is 5.75 Å². The van der Waals surface area contributed by atoms with Crippen LogP contribution in [-0.2, 0) is 17.8 Å². The number of aromatic nitrogens is 1. The molecule has 2 aromatic rings. The zero-order valence-electron chi connectivity index (χ0n) is 12.7. The van der Waals surface area contributed by atoms with Crippen LogP contribution in [0.3, 0.4) is 0 Å². The van der Waals surface area contributed by atoms with Crippen molar-refractivity contribution in [3.8, 4) is 5.75 Å². The molecule has 5 heteroatoms. The highest BCUT2D eigenvalue weighted by atomic mass is 16.5. The number of pyridine rings is 1. The number of nitrogens with zero attached hydrogens (tertiary/aromatic N) is 1. The molecule has 5 nitrogen and oxygen atoms in total. The van der Waals surface area contributed by atoms with Crippen molar-refractivity contribution in [1.82, 2.24) is 4.98 Å². The Bertz CT molecular complexity index is 628. The fourth-order valence-corrected chi connectivity index (χ4v) is 2.14. The van der Waals surface area contributed by atoms with Crippen molar-refractivity contribution in [2.45, 2.75) is 26.1 Å². The Morgan fingerprint density at radius 1 is 1.27 bits per heavy atom. The maximum atomic E-state index is 11.6. The lowest BCUT2D eigenvalue weighted by Crippen LogP contribution is -2.16. The first-order chi connectivity index (χ1) is 10.6. The van der Waals surface area contributed by atoms with Gasteiger partial charge in [-0.05, 0) is 12.5 Å². The van der Waals surface area contributed by atoms with Crippen LogP contribution in [0.2, 0.25) is 0 Å². The number of methoxy groups -OCH3 is 1. The molecule has 1 atom stereocenters. The summed E-state index contributed by atoms with van der Waals surface area (Å²) in [6.07, 6.45) is 0.660. The van der Waals surface area contributed by atoms with E-state index in [0.29, 0.717) is 11.4 Å². The molecule has 0 saturated heterocycles. The van der Waals surface area contributed by atoms with Crippen molar-refractivity contribution in [2.24, 2.45) is 0 Å². The lowest BCUT2D eigenvalue weighted by Gasteiger charge is -2.16. The van der Waals surface area contributed by atoms with E-state index >= 15 is 0 Å². The van der Waals surface area contributed by atoms with Crippen molar-refractivity contribution >= 4 is 5.97 Å². The second-order valence-corrected chi connectivity index (χ2v) is 4.95. The maximum absolute atomic E-state index is 11.6. The van der Waals surface area contributed by atoms with E-state index in [1.807, 2.05) is 37.3 Å². The Labute approximate surface area is 129 Å². The highest BCUT2D eigenvalue weighted by Crippen LogP contribution is 2.18. The number of aliphatic hydroxyl groups excluding tert-OH is 1. The number of aliphatic hydroxyl groups is 1. The summed E-state index contributed by atoms with van der Waals surface area (Å²) in [6, 6.07) is 13.1. The van der Waals surface area contributed by atoms with Gasteiger partial charge in [0.05, 0.1) is 25.5 Å². The largest absolute Gasteiger partial charge is 0.490 e. The second kappa shape index (κ2) is 7.56. The fraction of sp³-hybridized carbons (Fsp3) is 0.294. The summed E-state index contributed by atoms with van der Waals surface area (Å²) in [5.41, 5.74) is 1.65. The number of rotatable bonds is 6. The van der Waals surface area contributed by atoms with E-state index in [0.717, 1.165) is 6.42 Å². The summed E-state index contributed by atoms with van der Waals surface area (Å²) >= 11 is 0. The maximum Gasteiger partial charge on any atom is 0.356 e. The summed E-state index contributed by atoms with van der Waals surface area (Å²) in [5.74, 6) is -0.0706. The third-order valence-corrected chi connectivity index (χ3v) is 3.11. The van der Waals surface area contributed by atoms with Gasteiger partial charge in [-0.1, -0.05) is 30.3 Å². The summed E-state index contributed by atoms with van der Waals surface area (Å²) in [4.78, 5) is 15.6. The van der Waals surface area contributed by atoms with Gasteiger partial charge in [0.2, 0.25) is 0 Å². The van der Waals surface area contributed by atoms with Gasteiger partial charge in [0.1, 0.15) is 5.75 Å². The molecule has 0 aliphatic heterocycles. The molecule has 0 saturated carbocycles. The molecule has 0 radical (unpaired) electrons. The van der Waals surface area contributed by atoms with Gasteiger partial charge in [-0.25, -0.2) is 9.78 Å². The molecule has 2 rings (SSSR count). The Morgan fingerprint density at radius 2 is 2.00 bits per heavy atom. The number of benzene rings is 1. The number of esters is 1. The minimum Gasteiger partial charge on any atom is -0.490 e. The van der Waals surface area contributed by atoms with Gasteiger partial charge in [0, 0.05) is 18.6 Å². The summed E-state index contributed by atoms with van der Waals surface area (Å²) < 4.78 is 10.5. The first-order valence-electron chi connectivity index (χ1n) is 7.03. The van der Waals surface area contributed by atoms with E-state index in [4.69, 9.17) is 4.74 Å². The van der Waals surface area contributed by atoms with Crippen molar-refractivity contribution < 1.29 is 19.4 Å². The average Bonchev–Trinajstić information content (AvgIpc) is 2.54. The minimum absolute atomic E-state index is 0.0816. The van der Waals surface area contributed by atoms with Crippen LogP contribution in [0.4, 0.5) is 0 Å². The van der Waals surface area contributed by atoms with Crippen LogP contribution >= 0.6 is 0 Å². The molecule has 116 valence electrons. The van der Waals surface area contributed by atoms with E-state index in [-0.39, 0.29) is 18.4 Å². The van der Waals surface area contributed by atoms with E-state index in [9.17, 15) is 9.90 Å². The van der Waals surface area contributed by atoms with Crippen molar-refractivity contribution in [3.63, 3.8) is 0 Å². The molecule has 1 N–H and O–H groups in total. The van der Waals surface area contributed by atoms with Crippen LogP contribution in [0.25, 0.3) is 0 Å². The Kier molecular flexibility index (Phi) is 5.49. The van der Waals surface area contributed by atoms with Crippen molar-refractivity contribution in [2.75, 3.05) is 7.11 Å². The molecule has 22 heavy (non-hydrogen) atoms. The SMILES string of the molecule is COC(=O)c1cc(O[C@@H](C)Cc2ccccc2)cc(CO)n1. The second-order valence-electron chi connectivity index (χ2n) is 4.95. The highest BCUT2D eigenvalue weighted by Gasteiger charge is 2.13. The lowest BCUT2D eigenvalue weighted by molar-refractivity contribution is 0.0592. The zero-order chi connectivity index (χ0) is 15.9. The van der Waals surface area contributed by atoms with Crippen LogP contribution in [-0.4, -0.2) is 29.3 Å². The molecule has 0 unspecified atom stereocenters. The van der Waals surface area contributed by atoms with Crippen LogP contribution in [0.15, 0.2) is 42.5 Å². The van der Waals surface area contributed by atoms with Gasteiger partial charge in [-0.3, -0.25) is 0 Å². The van der Waals surface area contributed by atoms with Gasteiger partial charge in [0.25, 0.3) is 0 Å². The summed E-state index contributed by atoms with van der Waals surface area (Å²) in [7, 11) is 1.29. The molecule has 0 fully saturated rings. The lowest BCUT2D eigenvalue weighted by atomic mass is 10.1. The van der Waals surface area contributed by atoms with E-state index < -0.39 is 5.97 Å². The van der Waals surface area contributed by atoms with Crippen LogP contribution < -0.4 is 4.74 Å². The quantitative estimate of drug-likeness (QED) is 0.830. The molecule has 0 aliphatic carbocycles. The fourth-order valence-electron chi connectivity index (χ4n) is 2.14. The van der Waals surface area contributed by atoms with Crippen LogP contribution in [0.1, 0.15) is 28.7 Å². The third-order valence-electron chi connectivity index (χ3n) is 3.11. The standard InChI is InChI=1S/C17H19NO4/c1-12(8-13-6-4-3-5-7-13)22-15-9-14(11-19)18-16(10-15)17(20)21-2/h3-7,9-10,12,19H,8,11H2,1-2H3/t12-/m0/s1. The molecule has 1 aromatic heterocycles. The molecular weight excluding hydrogens is 282 g/mol. The van der Waals surface area contributed by atoms with Crippen molar-refractivity contribution in [3.05, 3.63) is 59.4 Å². The molecule has 0 bridgehead atoms.